The summed E-state index contributed by atoms with van der Waals surface area (Å²) in [5.41, 5.74) is 1.44. The van der Waals surface area contributed by atoms with Gasteiger partial charge in [-0.05, 0) is 31.9 Å². The first-order chi connectivity index (χ1) is 11.7. The molecule has 0 spiro atoms. The molecule has 0 saturated carbocycles. The Morgan fingerprint density at radius 2 is 2.21 bits per heavy atom. The fraction of sp³-hybridized carbons (Fsp3) is 0.444. The fourth-order valence-electron chi connectivity index (χ4n) is 2.44. The van der Waals surface area contributed by atoms with Gasteiger partial charge in [-0.25, -0.2) is 9.78 Å². The third kappa shape index (κ3) is 4.43. The SMILES string of the molecule is CC(OCC1CCCO1)C(=O)OCc1coc(-c2ccccc2)n1. The van der Waals surface area contributed by atoms with Crippen molar-refractivity contribution in [2.24, 2.45) is 0 Å². The van der Waals surface area contributed by atoms with Crippen LogP contribution >= 0.6 is 0 Å². The molecule has 2 unspecified atom stereocenters. The molecule has 6 heteroatoms. The number of carbonyl (C=O) groups is 1. The highest BCUT2D eigenvalue weighted by molar-refractivity contribution is 5.74. The second kappa shape index (κ2) is 8.08. The van der Waals surface area contributed by atoms with Crippen LogP contribution in [-0.4, -0.2) is 36.4 Å². The molecule has 1 aliphatic rings. The predicted octanol–water partition coefficient (Wildman–Crippen LogP) is 2.97. The summed E-state index contributed by atoms with van der Waals surface area (Å²) in [5, 5.41) is 0. The Kier molecular flexibility index (Phi) is 5.61. The van der Waals surface area contributed by atoms with Crippen LogP contribution in [0.5, 0.6) is 0 Å². The zero-order valence-corrected chi connectivity index (χ0v) is 13.6. The number of benzene rings is 1. The van der Waals surface area contributed by atoms with Crippen LogP contribution in [0.3, 0.4) is 0 Å². The Bertz CT molecular complexity index is 648. The van der Waals surface area contributed by atoms with Crippen LogP contribution in [0.15, 0.2) is 41.0 Å². The highest BCUT2D eigenvalue weighted by Gasteiger charge is 2.21. The molecular weight excluding hydrogens is 310 g/mol. The average molecular weight is 331 g/mol. The van der Waals surface area contributed by atoms with Crippen molar-refractivity contribution in [2.75, 3.05) is 13.2 Å². The van der Waals surface area contributed by atoms with Gasteiger partial charge < -0.3 is 18.6 Å². The van der Waals surface area contributed by atoms with Crippen LogP contribution in [-0.2, 0) is 25.6 Å². The molecular formula is C18H21NO5. The van der Waals surface area contributed by atoms with Crippen molar-refractivity contribution in [1.29, 1.82) is 0 Å². The lowest BCUT2D eigenvalue weighted by molar-refractivity contribution is -0.159. The Morgan fingerprint density at radius 1 is 1.38 bits per heavy atom. The quantitative estimate of drug-likeness (QED) is 0.727. The predicted molar refractivity (Wildman–Crippen MR) is 86.1 cm³/mol. The molecule has 128 valence electrons. The van der Waals surface area contributed by atoms with Crippen LogP contribution < -0.4 is 0 Å². The average Bonchev–Trinajstić information content (AvgIpc) is 3.30. The normalized spacial score (nSPS) is 18.5. The van der Waals surface area contributed by atoms with E-state index in [1.807, 2.05) is 30.3 Å². The summed E-state index contributed by atoms with van der Waals surface area (Å²) < 4.78 is 21.6. The summed E-state index contributed by atoms with van der Waals surface area (Å²) in [6.45, 7) is 2.92. The Labute approximate surface area is 140 Å². The lowest BCUT2D eigenvalue weighted by Gasteiger charge is -2.15. The largest absolute Gasteiger partial charge is 0.457 e. The maximum atomic E-state index is 12.0. The summed E-state index contributed by atoms with van der Waals surface area (Å²) in [5.74, 6) is 0.0848. The van der Waals surface area contributed by atoms with Crippen LogP contribution in [0.1, 0.15) is 25.5 Å². The van der Waals surface area contributed by atoms with E-state index in [1.165, 1.54) is 6.26 Å². The van der Waals surface area contributed by atoms with E-state index in [4.69, 9.17) is 18.6 Å². The lowest BCUT2D eigenvalue weighted by atomic mass is 10.2. The van der Waals surface area contributed by atoms with Crippen molar-refractivity contribution in [1.82, 2.24) is 4.98 Å². The standard InChI is InChI=1S/C18H21NO5/c1-13(22-12-16-8-5-9-21-16)18(20)24-11-15-10-23-17(19-15)14-6-3-2-4-7-14/h2-4,6-7,10,13,16H,5,8-9,11-12H2,1H3. The second-order valence-electron chi connectivity index (χ2n) is 5.73. The second-order valence-corrected chi connectivity index (χ2v) is 5.73. The molecule has 0 aliphatic carbocycles. The summed E-state index contributed by atoms with van der Waals surface area (Å²) in [7, 11) is 0. The van der Waals surface area contributed by atoms with Gasteiger partial charge in [0.25, 0.3) is 0 Å². The molecule has 0 radical (unpaired) electrons. The third-order valence-electron chi connectivity index (χ3n) is 3.82. The van der Waals surface area contributed by atoms with E-state index < -0.39 is 12.1 Å². The van der Waals surface area contributed by atoms with Crippen molar-refractivity contribution in [3.05, 3.63) is 42.3 Å². The number of carbonyl (C=O) groups excluding carboxylic acids is 1. The minimum absolute atomic E-state index is 0.0583. The van der Waals surface area contributed by atoms with Gasteiger partial charge in [-0.15, -0.1) is 0 Å². The van der Waals surface area contributed by atoms with Crippen LogP contribution in [0, 0.1) is 0 Å². The smallest absolute Gasteiger partial charge is 0.335 e. The molecule has 24 heavy (non-hydrogen) atoms. The topological polar surface area (TPSA) is 70.8 Å². The van der Waals surface area contributed by atoms with Gasteiger partial charge in [-0.3, -0.25) is 0 Å². The molecule has 0 N–H and O–H groups in total. The maximum absolute atomic E-state index is 12.0. The van der Waals surface area contributed by atoms with Crippen molar-refractivity contribution in [2.45, 2.75) is 38.6 Å². The highest BCUT2D eigenvalue weighted by atomic mass is 16.6. The van der Waals surface area contributed by atoms with Crippen molar-refractivity contribution in [3.63, 3.8) is 0 Å². The van der Waals surface area contributed by atoms with Crippen LogP contribution in [0.2, 0.25) is 0 Å². The molecule has 3 rings (SSSR count). The summed E-state index contributed by atoms with van der Waals surface area (Å²) in [6, 6.07) is 9.55. The molecule has 1 aromatic heterocycles. The molecule has 2 atom stereocenters. The first-order valence-electron chi connectivity index (χ1n) is 8.12. The van der Waals surface area contributed by atoms with E-state index in [0.717, 1.165) is 25.0 Å². The Morgan fingerprint density at radius 3 is 2.96 bits per heavy atom. The molecule has 1 saturated heterocycles. The van der Waals surface area contributed by atoms with Crippen molar-refractivity contribution < 1.29 is 23.4 Å². The number of hydrogen-bond acceptors (Lipinski definition) is 6. The van der Waals surface area contributed by atoms with E-state index in [0.29, 0.717) is 18.2 Å². The summed E-state index contributed by atoms with van der Waals surface area (Å²) >= 11 is 0. The molecule has 2 aromatic rings. The van der Waals surface area contributed by atoms with Gasteiger partial charge >= 0.3 is 5.97 Å². The summed E-state index contributed by atoms with van der Waals surface area (Å²) in [4.78, 5) is 16.3. The number of oxazole rings is 1. The number of esters is 1. The van der Waals surface area contributed by atoms with Gasteiger partial charge in [-0.1, -0.05) is 18.2 Å². The monoisotopic (exact) mass is 331 g/mol. The Hall–Kier alpha value is -2.18. The number of nitrogens with zero attached hydrogens (tertiary/aromatic N) is 1. The molecule has 1 fully saturated rings. The fourth-order valence-corrected chi connectivity index (χ4v) is 2.44. The number of ether oxygens (including phenoxy) is 3. The third-order valence-corrected chi connectivity index (χ3v) is 3.82. The first-order valence-corrected chi connectivity index (χ1v) is 8.12. The zero-order valence-electron chi connectivity index (χ0n) is 13.6. The van der Waals surface area contributed by atoms with E-state index >= 15 is 0 Å². The van der Waals surface area contributed by atoms with E-state index in [2.05, 4.69) is 4.98 Å². The minimum Gasteiger partial charge on any atom is -0.457 e. The van der Waals surface area contributed by atoms with Gasteiger partial charge in [-0.2, -0.15) is 0 Å². The zero-order chi connectivity index (χ0) is 16.8. The van der Waals surface area contributed by atoms with E-state index in [-0.39, 0.29) is 12.7 Å². The lowest BCUT2D eigenvalue weighted by Crippen LogP contribution is -2.27. The number of hydrogen-bond donors (Lipinski definition) is 0. The molecule has 0 bridgehead atoms. The molecule has 1 aliphatic heterocycles. The first kappa shape index (κ1) is 16.7. The van der Waals surface area contributed by atoms with Gasteiger partial charge in [0.05, 0.1) is 12.7 Å². The van der Waals surface area contributed by atoms with E-state index in [9.17, 15) is 4.79 Å². The number of aromatic nitrogens is 1. The van der Waals surface area contributed by atoms with Crippen LogP contribution in [0.25, 0.3) is 11.5 Å². The molecule has 0 amide bonds. The van der Waals surface area contributed by atoms with Crippen molar-refractivity contribution in [3.8, 4) is 11.5 Å². The number of rotatable bonds is 7. The van der Waals surface area contributed by atoms with Gasteiger partial charge in [0.1, 0.15) is 18.6 Å². The van der Waals surface area contributed by atoms with E-state index in [1.54, 1.807) is 6.92 Å². The van der Waals surface area contributed by atoms with Crippen LogP contribution in [0.4, 0.5) is 0 Å². The Balaban J connectivity index is 1.45. The molecule has 1 aromatic carbocycles. The molecule has 2 heterocycles. The van der Waals surface area contributed by atoms with Gasteiger partial charge in [0.2, 0.25) is 5.89 Å². The van der Waals surface area contributed by atoms with Crippen molar-refractivity contribution >= 4 is 5.97 Å². The minimum atomic E-state index is -0.630. The van der Waals surface area contributed by atoms with Gasteiger partial charge in [0, 0.05) is 12.2 Å². The molecule has 6 nitrogen and oxygen atoms in total. The maximum Gasteiger partial charge on any atom is 0.335 e. The summed E-state index contributed by atoms with van der Waals surface area (Å²) in [6.07, 6.45) is 2.97. The van der Waals surface area contributed by atoms with Gasteiger partial charge in [0.15, 0.2) is 6.10 Å². The highest BCUT2D eigenvalue weighted by Crippen LogP contribution is 2.18.